The molecule has 0 bridgehead atoms. The fourth-order valence-corrected chi connectivity index (χ4v) is 1.94. The topological polar surface area (TPSA) is 81.9 Å². The van der Waals surface area contributed by atoms with E-state index < -0.39 is 0 Å². The van der Waals surface area contributed by atoms with Crippen LogP contribution in [0.3, 0.4) is 0 Å². The Labute approximate surface area is 108 Å². The minimum atomic E-state index is 0.115. The summed E-state index contributed by atoms with van der Waals surface area (Å²) >= 11 is 5.83. The van der Waals surface area contributed by atoms with Gasteiger partial charge in [0.15, 0.2) is 5.82 Å². The van der Waals surface area contributed by atoms with Crippen LogP contribution in [0, 0.1) is 0 Å². The third kappa shape index (κ3) is 1.94. The average molecular weight is 268 g/mol. The first-order valence-corrected chi connectivity index (χ1v) is 5.71. The Balaban J connectivity index is 1.90. The summed E-state index contributed by atoms with van der Waals surface area (Å²) in [5, 5.41) is 8.01. The van der Waals surface area contributed by atoms with E-state index in [-0.39, 0.29) is 11.3 Å². The first-order valence-electron chi connectivity index (χ1n) is 5.33. The van der Waals surface area contributed by atoms with Crippen molar-refractivity contribution in [3.05, 3.63) is 17.4 Å². The Morgan fingerprint density at radius 3 is 3.00 bits per heavy atom. The summed E-state index contributed by atoms with van der Waals surface area (Å²) in [6, 6.07) is 0.206. The van der Waals surface area contributed by atoms with Gasteiger partial charge in [0.2, 0.25) is 11.2 Å². The minimum Gasteiger partial charge on any atom is -0.467 e. The van der Waals surface area contributed by atoms with Crippen LogP contribution in [0.25, 0.3) is 0 Å². The highest BCUT2D eigenvalue weighted by Gasteiger charge is 2.20. The van der Waals surface area contributed by atoms with Crippen molar-refractivity contribution in [2.24, 2.45) is 0 Å². The van der Waals surface area contributed by atoms with Crippen LogP contribution in [0.2, 0.25) is 5.28 Å². The molecule has 3 heterocycles. The molecule has 0 saturated heterocycles. The third-order valence-electron chi connectivity index (χ3n) is 2.68. The lowest BCUT2D eigenvalue weighted by molar-refractivity contribution is 0.377. The van der Waals surface area contributed by atoms with Crippen molar-refractivity contribution >= 4 is 17.5 Å². The van der Waals surface area contributed by atoms with Gasteiger partial charge in [-0.05, 0) is 11.6 Å². The van der Waals surface area contributed by atoms with Gasteiger partial charge in [0.1, 0.15) is 6.33 Å². The number of methoxy groups -OCH3 is 1. The molecule has 3 rings (SSSR count). The van der Waals surface area contributed by atoms with Gasteiger partial charge in [0, 0.05) is 13.1 Å². The van der Waals surface area contributed by atoms with Gasteiger partial charge >= 0.3 is 6.01 Å². The van der Waals surface area contributed by atoms with Crippen LogP contribution in [-0.2, 0) is 13.1 Å². The van der Waals surface area contributed by atoms with Gasteiger partial charge in [-0.2, -0.15) is 15.0 Å². The summed E-state index contributed by atoms with van der Waals surface area (Å²) in [4.78, 5) is 14.1. The molecule has 1 aliphatic heterocycles. The smallest absolute Gasteiger partial charge is 0.322 e. The third-order valence-corrected chi connectivity index (χ3v) is 2.85. The standard InChI is InChI=1S/C9H10ClN7O/c1-18-9-13-7(10)12-8(14-9)16-2-3-17-5-11-15-6(17)4-16/h5H,2-4H2,1H3. The normalized spacial score (nSPS) is 14.4. The zero-order chi connectivity index (χ0) is 12.5. The summed E-state index contributed by atoms with van der Waals surface area (Å²) in [6.07, 6.45) is 1.72. The Morgan fingerprint density at radius 2 is 2.17 bits per heavy atom. The van der Waals surface area contributed by atoms with Crippen molar-refractivity contribution in [1.29, 1.82) is 0 Å². The molecule has 0 atom stereocenters. The largest absolute Gasteiger partial charge is 0.467 e. The molecule has 94 valence electrons. The van der Waals surface area contributed by atoms with Gasteiger partial charge in [-0.15, -0.1) is 10.2 Å². The number of anilines is 1. The van der Waals surface area contributed by atoms with Gasteiger partial charge in [-0.1, -0.05) is 0 Å². The molecule has 18 heavy (non-hydrogen) atoms. The fraction of sp³-hybridized carbons (Fsp3) is 0.444. The van der Waals surface area contributed by atoms with Crippen LogP contribution < -0.4 is 9.64 Å². The molecule has 0 aromatic carbocycles. The van der Waals surface area contributed by atoms with Gasteiger partial charge in [0.05, 0.1) is 13.7 Å². The SMILES string of the molecule is COc1nc(Cl)nc(N2CCn3cnnc3C2)n1. The molecule has 9 heteroatoms. The van der Waals surface area contributed by atoms with Crippen LogP contribution in [0.4, 0.5) is 5.95 Å². The maximum atomic E-state index is 5.83. The Morgan fingerprint density at radius 1 is 1.28 bits per heavy atom. The van der Waals surface area contributed by atoms with Crippen LogP contribution in [0.1, 0.15) is 5.82 Å². The number of ether oxygens (including phenoxy) is 1. The lowest BCUT2D eigenvalue weighted by Gasteiger charge is -2.26. The van der Waals surface area contributed by atoms with Gasteiger partial charge in [-0.25, -0.2) is 0 Å². The molecule has 0 spiro atoms. The van der Waals surface area contributed by atoms with Gasteiger partial charge < -0.3 is 14.2 Å². The van der Waals surface area contributed by atoms with Crippen LogP contribution in [0.15, 0.2) is 6.33 Å². The summed E-state index contributed by atoms with van der Waals surface area (Å²) in [5.74, 6) is 1.36. The van der Waals surface area contributed by atoms with Gasteiger partial charge in [-0.3, -0.25) is 0 Å². The minimum absolute atomic E-state index is 0.115. The zero-order valence-electron chi connectivity index (χ0n) is 9.62. The molecule has 8 nitrogen and oxygen atoms in total. The second kappa shape index (κ2) is 4.37. The molecule has 1 aliphatic rings. The van der Waals surface area contributed by atoms with Crippen molar-refractivity contribution in [1.82, 2.24) is 29.7 Å². The Bertz CT molecular complexity index is 572. The van der Waals surface area contributed by atoms with Crippen LogP contribution in [-0.4, -0.2) is 43.4 Å². The van der Waals surface area contributed by atoms with E-state index in [1.165, 1.54) is 7.11 Å². The number of rotatable bonds is 2. The highest BCUT2D eigenvalue weighted by atomic mass is 35.5. The first kappa shape index (κ1) is 11.1. The molecule has 0 N–H and O–H groups in total. The quantitative estimate of drug-likeness (QED) is 0.766. The van der Waals surface area contributed by atoms with Crippen molar-refractivity contribution in [2.45, 2.75) is 13.1 Å². The van der Waals surface area contributed by atoms with E-state index in [1.54, 1.807) is 6.33 Å². The Kier molecular flexibility index (Phi) is 2.71. The van der Waals surface area contributed by atoms with Crippen molar-refractivity contribution < 1.29 is 4.74 Å². The van der Waals surface area contributed by atoms with E-state index in [0.29, 0.717) is 12.5 Å². The molecule has 2 aromatic heterocycles. The molecule has 0 unspecified atom stereocenters. The summed E-state index contributed by atoms with van der Waals surface area (Å²) in [7, 11) is 1.49. The van der Waals surface area contributed by atoms with Crippen molar-refractivity contribution in [2.75, 3.05) is 18.6 Å². The van der Waals surface area contributed by atoms with E-state index in [0.717, 1.165) is 18.9 Å². The molecule has 0 radical (unpaired) electrons. The molecular formula is C9H10ClN7O. The van der Waals surface area contributed by atoms with E-state index >= 15 is 0 Å². The summed E-state index contributed by atoms with van der Waals surface area (Å²) in [5.41, 5.74) is 0. The maximum Gasteiger partial charge on any atom is 0.322 e. The predicted octanol–water partition coefficient (Wildman–Crippen LogP) is 0.145. The lowest BCUT2D eigenvalue weighted by Crippen LogP contribution is -2.34. The average Bonchev–Trinajstić information content (AvgIpc) is 2.85. The molecular weight excluding hydrogens is 258 g/mol. The second-order valence-electron chi connectivity index (χ2n) is 3.75. The molecule has 0 saturated carbocycles. The summed E-state index contributed by atoms with van der Waals surface area (Å²) < 4.78 is 6.97. The number of nitrogens with zero attached hydrogens (tertiary/aromatic N) is 7. The number of hydrogen-bond acceptors (Lipinski definition) is 7. The summed E-state index contributed by atoms with van der Waals surface area (Å²) in [6.45, 7) is 2.13. The van der Waals surface area contributed by atoms with E-state index in [9.17, 15) is 0 Å². The molecule has 0 aliphatic carbocycles. The lowest BCUT2D eigenvalue weighted by atomic mass is 10.4. The Hall–Kier alpha value is -1.96. The highest BCUT2D eigenvalue weighted by molar-refractivity contribution is 6.28. The predicted molar refractivity (Wildman–Crippen MR) is 62.5 cm³/mol. The fourth-order valence-electron chi connectivity index (χ4n) is 1.79. The number of hydrogen-bond donors (Lipinski definition) is 0. The number of halogens is 1. The van der Waals surface area contributed by atoms with Crippen molar-refractivity contribution in [3.8, 4) is 6.01 Å². The van der Waals surface area contributed by atoms with Gasteiger partial charge in [0.25, 0.3) is 0 Å². The van der Waals surface area contributed by atoms with Crippen LogP contribution >= 0.6 is 11.6 Å². The van der Waals surface area contributed by atoms with E-state index in [4.69, 9.17) is 16.3 Å². The zero-order valence-corrected chi connectivity index (χ0v) is 10.4. The maximum absolute atomic E-state index is 5.83. The van der Waals surface area contributed by atoms with E-state index in [1.807, 2.05) is 9.47 Å². The first-order chi connectivity index (χ1) is 8.76. The number of fused-ring (bicyclic) bond motifs is 1. The number of aromatic nitrogens is 6. The second-order valence-corrected chi connectivity index (χ2v) is 4.09. The van der Waals surface area contributed by atoms with Crippen molar-refractivity contribution in [3.63, 3.8) is 0 Å². The molecule has 0 fully saturated rings. The molecule has 2 aromatic rings. The monoisotopic (exact) mass is 267 g/mol. The molecule has 0 amide bonds. The highest BCUT2D eigenvalue weighted by Crippen LogP contribution is 2.19. The van der Waals surface area contributed by atoms with E-state index in [2.05, 4.69) is 25.1 Å². The van der Waals surface area contributed by atoms with Crippen LogP contribution in [0.5, 0.6) is 6.01 Å².